The molecule has 8 rings (SSSR count). The lowest BCUT2D eigenvalue weighted by atomic mass is 9.92. The Morgan fingerprint density at radius 3 is 2.63 bits per heavy atom. The normalized spacial score (nSPS) is 20.5. The van der Waals surface area contributed by atoms with Crippen LogP contribution in [0.5, 0.6) is 11.8 Å². The number of phenolic OH excluding ortho intramolecular Hbond substituents is 1. The quantitative estimate of drug-likeness (QED) is 0.120. The lowest BCUT2D eigenvalue weighted by Gasteiger charge is -2.42. The van der Waals surface area contributed by atoms with E-state index >= 15 is 8.78 Å². The highest BCUT2D eigenvalue weighted by molar-refractivity contribution is 6.03. The summed E-state index contributed by atoms with van der Waals surface area (Å²) in [7, 11) is 2.09. The van der Waals surface area contributed by atoms with Crippen molar-refractivity contribution in [3.63, 3.8) is 0 Å². The van der Waals surface area contributed by atoms with Gasteiger partial charge in [-0.05, 0) is 87.5 Å². The van der Waals surface area contributed by atoms with Crippen molar-refractivity contribution in [1.29, 1.82) is 0 Å². The molecule has 5 aromatic rings. The minimum absolute atomic E-state index is 0.00260. The van der Waals surface area contributed by atoms with E-state index in [1.807, 2.05) is 9.80 Å². The van der Waals surface area contributed by atoms with E-state index in [2.05, 4.69) is 51.6 Å². The number of likely N-dealkylation sites (tertiary alicyclic amines) is 1. The van der Waals surface area contributed by atoms with Gasteiger partial charge in [-0.25, -0.2) is 13.8 Å². The first-order chi connectivity index (χ1) is 27.5. The number of carbonyl (C=O) groups is 2. The Morgan fingerprint density at radius 1 is 1.14 bits per heavy atom. The maximum absolute atomic E-state index is 17.2. The number of phenols is 1. The number of nitrogens with zero attached hydrogens (tertiary/aromatic N) is 7. The molecule has 12 nitrogen and oxygen atoms in total. The van der Waals surface area contributed by atoms with E-state index in [0.29, 0.717) is 41.9 Å². The summed E-state index contributed by atoms with van der Waals surface area (Å²) in [5.41, 5.74) is -0.0285. The number of nitrogens with one attached hydrogen (secondary N) is 1. The van der Waals surface area contributed by atoms with Crippen molar-refractivity contribution in [3.8, 4) is 35.4 Å². The predicted molar refractivity (Wildman–Crippen MR) is 213 cm³/mol. The molecule has 0 radical (unpaired) electrons. The summed E-state index contributed by atoms with van der Waals surface area (Å²) in [6.07, 6.45) is 15.1. The molecule has 14 heteroatoms. The van der Waals surface area contributed by atoms with Crippen LogP contribution in [0, 0.1) is 24.0 Å². The number of terminal acetylenes is 1. The largest absolute Gasteiger partial charge is 0.508 e. The van der Waals surface area contributed by atoms with Crippen LogP contribution in [0.2, 0.25) is 0 Å². The Hall–Kier alpha value is -6.20. The second-order valence-corrected chi connectivity index (χ2v) is 15.1. The molecule has 292 valence electrons. The van der Waals surface area contributed by atoms with Gasteiger partial charge in [0.25, 0.3) is 5.91 Å². The van der Waals surface area contributed by atoms with Crippen molar-refractivity contribution in [3.05, 3.63) is 84.2 Å². The monoisotopic (exact) mass is 772 g/mol. The number of piperazine rings is 1. The molecule has 3 fully saturated rings. The number of anilines is 2. The predicted octanol–water partition coefficient (Wildman–Crippen LogP) is 6.47. The zero-order valence-electron chi connectivity index (χ0n) is 31.8. The van der Waals surface area contributed by atoms with Gasteiger partial charge in [0, 0.05) is 42.0 Å². The van der Waals surface area contributed by atoms with Gasteiger partial charge in [0.15, 0.2) is 5.82 Å². The minimum Gasteiger partial charge on any atom is -0.508 e. The van der Waals surface area contributed by atoms with E-state index in [1.54, 1.807) is 12.1 Å². The lowest BCUT2D eigenvalue weighted by molar-refractivity contribution is -0.111. The molecule has 2 amide bonds. The Labute approximate surface area is 328 Å². The van der Waals surface area contributed by atoms with Crippen LogP contribution in [-0.4, -0.2) is 97.6 Å². The maximum Gasteiger partial charge on any atom is 0.319 e. The zero-order chi connectivity index (χ0) is 40.0. The highest BCUT2D eigenvalue weighted by Gasteiger charge is 2.44. The average molecular weight is 773 g/mol. The molecule has 3 aliphatic rings. The summed E-state index contributed by atoms with van der Waals surface area (Å²) in [4.78, 5) is 50.4. The van der Waals surface area contributed by atoms with Crippen LogP contribution in [-0.2, 0) is 4.79 Å². The zero-order valence-corrected chi connectivity index (χ0v) is 31.8. The Kier molecular flexibility index (Phi) is 9.95. The van der Waals surface area contributed by atoms with Crippen LogP contribution in [0.4, 0.5) is 20.4 Å². The van der Waals surface area contributed by atoms with Gasteiger partial charge in [-0.1, -0.05) is 31.9 Å². The molecule has 3 saturated heterocycles. The Balaban J connectivity index is 1.20. The van der Waals surface area contributed by atoms with E-state index in [-0.39, 0.29) is 68.8 Å². The van der Waals surface area contributed by atoms with Gasteiger partial charge in [-0.15, -0.1) is 6.42 Å². The fourth-order valence-electron chi connectivity index (χ4n) is 8.94. The summed E-state index contributed by atoms with van der Waals surface area (Å²) in [5.74, 6) is 0.779. The van der Waals surface area contributed by atoms with Gasteiger partial charge >= 0.3 is 6.01 Å². The third kappa shape index (κ3) is 6.75. The average Bonchev–Trinajstić information content (AvgIpc) is 3.70. The Bertz CT molecular complexity index is 2480. The van der Waals surface area contributed by atoms with E-state index < -0.39 is 17.5 Å². The van der Waals surface area contributed by atoms with Crippen molar-refractivity contribution in [2.45, 2.75) is 63.1 Å². The van der Waals surface area contributed by atoms with Gasteiger partial charge in [0.05, 0.1) is 28.6 Å². The molecule has 2 bridgehead atoms. The molecule has 0 saturated carbocycles. The second kappa shape index (κ2) is 15.0. The van der Waals surface area contributed by atoms with Crippen molar-refractivity contribution in [1.82, 2.24) is 29.7 Å². The van der Waals surface area contributed by atoms with Crippen molar-refractivity contribution in [2.24, 2.45) is 0 Å². The summed E-state index contributed by atoms with van der Waals surface area (Å²) in [6.45, 7) is 7.64. The molecule has 6 heterocycles. The van der Waals surface area contributed by atoms with Crippen molar-refractivity contribution < 1.29 is 28.2 Å². The lowest BCUT2D eigenvalue weighted by Crippen LogP contribution is -2.56. The summed E-state index contributed by atoms with van der Waals surface area (Å²) in [5, 5.41) is 14.3. The molecule has 0 spiro atoms. The molecule has 2 aromatic carbocycles. The molecule has 0 aliphatic carbocycles. The van der Waals surface area contributed by atoms with Crippen molar-refractivity contribution in [2.75, 3.05) is 43.5 Å². The van der Waals surface area contributed by atoms with Crippen LogP contribution in [0.25, 0.3) is 32.9 Å². The highest BCUT2D eigenvalue weighted by Crippen LogP contribution is 2.41. The summed E-state index contributed by atoms with van der Waals surface area (Å²) in [6, 6.07) is 8.20. The fourth-order valence-corrected chi connectivity index (χ4v) is 8.94. The number of hydrogen-bond acceptors (Lipinski definition) is 10. The number of hydrogen-bond donors (Lipinski definition) is 2. The summed E-state index contributed by atoms with van der Waals surface area (Å²) >= 11 is 0. The molecular weight excluding hydrogens is 731 g/mol. The standard InChI is InChI=1S/C43H42F2N8O4/c1-5-14-43(15-8-17-51(43)4)24-57-42-49-39-32(21-47-38(37(39)45)31-20-29(54)18-25-9-12-33(44)30(6-2)36(25)31)40(50-42)52-22-27-10-11-28(23-52)53(27)41(56)26-13-16-46-34(19-26)48-35(55)7-3/h2,7,9,12-13,16,18-21,27-28,54H,3,5,8,10-11,14-15,17,22-24H2,1,4H3,(H,46,48,55). The first kappa shape index (κ1) is 37.7. The van der Waals surface area contributed by atoms with E-state index in [4.69, 9.17) is 16.1 Å². The molecule has 3 unspecified atom stereocenters. The molecular formula is C43H42F2N8O4. The van der Waals surface area contributed by atoms with E-state index in [1.165, 1.54) is 36.7 Å². The molecule has 3 aliphatic heterocycles. The fraction of sp³-hybridized carbons (Fsp3) is 0.349. The number of benzene rings is 2. The number of carbonyl (C=O) groups excluding carboxylic acids is 2. The van der Waals surface area contributed by atoms with Crippen LogP contribution >= 0.6 is 0 Å². The van der Waals surface area contributed by atoms with Crippen LogP contribution < -0.4 is 15.0 Å². The third-order valence-electron chi connectivity index (χ3n) is 11.7. The smallest absolute Gasteiger partial charge is 0.319 e. The molecule has 57 heavy (non-hydrogen) atoms. The number of ether oxygens (including phenoxy) is 1. The maximum atomic E-state index is 17.2. The topological polar surface area (TPSA) is 137 Å². The number of aromatic hydroxyl groups is 1. The number of pyridine rings is 2. The van der Waals surface area contributed by atoms with Gasteiger partial charge < -0.3 is 25.0 Å². The SMILES string of the molecule is C#Cc1c(F)ccc2cc(O)cc(-c3ncc4c(N5CC6CCC(C5)N6C(=O)c5ccnc(NC(=O)C=C)c5)nc(OCC5(CCC)CCCN5C)nc4c3F)c12. The minimum atomic E-state index is -0.810. The molecule has 3 atom stereocenters. The second-order valence-electron chi connectivity index (χ2n) is 15.1. The number of rotatable bonds is 10. The van der Waals surface area contributed by atoms with Crippen LogP contribution in [0.15, 0.2) is 61.4 Å². The summed E-state index contributed by atoms with van der Waals surface area (Å²) < 4.78 is 38.6. The number of amides is 2. The number of fused-ring (bicyclic) bond motifs is 4. The van der Waals surface area contributed by atoms with Crippen molar-refractivity contribution >= 4 is 45.1 Å². The van der Waals surface area contributed by atoms with E-state index in [9.17, 15) is 14.7 Å². The van der Waals surface area contributed by atoms with Gasteiger partial charge in [-0.3, -0.25) is 19.5 Å². The van der Waals surface area contributed by atoms with Gasteiger partial charge in [-0.2, -0.15) is 9.97 Å². The first-order valence-electron chi connectivity index (χ1n) is 19.1. The number of likely N-dealkylation sites (N-methyl/N-ethyl adjacent to an activating group) is 1. The molecule has 2 N–H and O–H groups in total. The van der Waals surface area contributed by atoms with Gasteiger partial charge in [0.1, 0.15) is 41.0 Å². The van der Waals surface area contributed by atoms with Crippen LogP contribution in [0.1, 0.15) is 61.4 Å². The van der Waals surface area contributed by atoms with Crippen LogP contribution in [0.3, 0.4) is 0 Å². The number of aromatic nitrogens is 4. The highest BCUT2D eigenvalue weighted by atomic mass is 19.1. The first-order valence-corrected chi connectivity index (χ1v) is 19.1. The molecule has 3 aromatic heterocycles. The van der Waals surface area contributed by atoms with Gasteiger partial charge in [0.2, 0.25) is 5.91 Å². The Morgan fingerprint density at radius 2 is 1.93 bits per heavy atom. The third-order valence-corrected chi connectivity index (χ3v) is 11.7. The number of halogens is 2. The van der Waals surface area contributed by atoms with E-state index in [0.717, 1.165) is 51.1 Å².